The Hall–Kier alpha value is -1.21. The quantitative estimate of drug-likeness (QED) is 0.816. The predicted molar refractivity (Wildman–Crippen MR) is 87.9 cm³/mol. The van der Waals surface area contributed by atoms with E-state index in [9.17, 15) is 9.18 Å². The van der Waals surface area contributed by atoms with Crippen molar-refractivity contribution in [1.82, 2.24) is 4.90 Å². The van der Waals surface area contributed by atoms with Crippen LogP contribution < -0.4 is 5.73 Å². The fraction of sp³-hybridized carbons (Fsp3) is 0.562. The molecule has 1 amide bonds. The minimum absolute atomic E-state index is 0. The van der Waals surface area contributed by atoms with Gasteiger partial charge in [-0.05, 0) is 30.5 Å². The molecule has 1 heterocycles. The zero-order valence-electron chi connectivity index (χ0n) is 13.2. The largest absolute Gasteiger partial charge is 0.383 e. The monoisotopic (exact) mass is 346 g/mol. The molecule has 0 bridgehead atoms. The van der Waals surface area contributed by atoms with Gasteiger partial charge in [0.1, 0.15) is 11.9 Å². The molecule has 23 heavy (non-hydrogen) atoms. The average molecular weight is 347 g/mol. The summed E-state index contributed by atoms with van der Waals surface area (Å²) in [6, 6.07) is 5.51. The highest BCUT2D eigenvalue weighted by atomic mass is 35.5. The number of hydrogen-bond acceptors (Lipinski definition) is 4. The van der Waals surface area contributed by atoms with Crippen molar-refractivity contribution in [2.24, 2.45) is 5.73 Å². The van der Waals surface area contributed by atoms with Crippen molar-refractivity contribution < 1.29 is 18.7 Å². The van der Waals surface area contributed by atoms with E-state index in [1.165, 1.54) is 19.2 Å². The Morgan fingerprint density at radius 1 is 1.57 bits per heavy atom. The van der Waals surface area contributed by atoms with Crippen LogP contribution in [0.2, 0.25) is 0 Å². The zero-order valence-corrected chi connectivity index (χ0v) is 14.1. The second-order valence-electron chi connectivity index (χ2n) is 5.55. The van der Waals surface area contributed by atoms with Crippen LogP contribution in [0.25, 0.3) is 0 Å². The van der Waals surface area contributed by atoms with Crippen molar-refractivity contribution >= 4 is 18.3 Å². The van der Waals surface area contributed by atoms with Crippen LogP contribution in [0.3, 0.4) is 0 Å². The number of rotatable bonds is 7. The van der Waals surface area contributed by atoms with Gasteiger partial charge in [-0.2, -0.15) is 0 Å². The standard InChI is InChI=1S/C16H23FN2O3.ClH/c1-21-11-15(18)16(20)19(10-14-6-3-7-22-14)9-12-4-2-5-13(17)8-12;/h2,4-5,8,14-15H,3,6-7,9-11,18H2,1H3;1H. The average Bonchev–Trinajstić information content (AvgIpc) is 2.99. The van der Waals surface area contributed by atoms with Crippen LogP contribution in [-0.2, 0) is 20.8 Å². The molecule has 2 atom stereocenters. The molecule has 1 aromatic rings. The third kappa shape index (κ3) is 6.06. The first kappa shape index (κ1) is 19.8. The van der Waals surface area contributed by atoms with Crippen LogP contribution in [0.5, 0.6) is 0 Å². The Kier molecular flexibility index (Phi) is 8.47. The summed E-state index contributed by atoms with van der Waals surface area (Å²) in [6.45, 7) is 1.65. The Labute approximate surface area is 142 Å². The maximum Gasteiger partial charge on any atom is 0.242 e. The molecule has 0 radical (unpaired) electrons. The number of carbonyl (C=O) groups excluding carboxylic acids is 1. The van der Waals surface area contributed by atoms with Crippen LogP contribution in [0, 0.1) is 5.82 Å². The summed E-state index contributed by atoms with van der Waals surface area (Å²) in [5, 5.41) is 0. The van der Waals surface area contributed by atoms with E-state index in [1.54, 1.807) is 17.0 Å². The van der Waals surface area contributed by atoms with E-state index in [0.29, 0.717) is 13.1 Å². The molecule has 0 spiro atoms. The van der Waals surface area contributed by atoms with Gasteiger partial charge >= 0.3 is 0 Å². The summed E-state index contributed by atoms with van der Waals surface area (Å²) in [5.41, 5.74) is 6.59. The number of carbonyl (C=O) groups is 1. The van der Waals surface area contributed by atoms with Gasteiger partial charge in [0, 0.05) is 26.8 Å². The zero-order chi connectivity index (χ0) is 15.9. The number of amides is 1. The van der Waals surface area contributed by atoms with E-state index >= 15 is 0 Å². The molecule has 0 aromatic heterocycles. The maximum atomic E-state index is 13.3. The lowest BCUT2D eigenvalue weighted by Gasteiger charge is -2.28. The van der Waals surface area contributed by atoms with Crippen molar-refractivity contribution in [3.8, 4) is 0 Å². The van der Waals surface area contributed by atoms with Crippen molar-refractivity contribution in [2.45, 2.75) is 31.5 Å². The fourth-order valence-corrected chi connectivity index (χ4v) is 2.61. The number of hydrogen-bond donors (Lipinski definition) is 1. The van der Waals surface area contributed by atoms with Crippen molar-refractivity contribution in [3.05, 3.63) is 35.6 Å². The first-order chi connectivity index (χ1) is 10.6. The van der Waals surface area contributed by atoms with E-state index in [1.807, 2.05) is 0 Å². The van der Waals surface area contributed by atoms with Crippen LogP contribution in [0.15, 0.2) is 24.3 Å². The Morgan fingerprint density at radius 3 is 2.96 bits per heavy atom. The number of benzene rings is 1. The van der Waals surface area contributed by atoms with Gasteiger partial charge in [-0.3, -0.25) is 4.79 Å². The number of methoxy groups -OCH3 is 1. The highest BCUT2D eigenvalue weighted by Crippen LogP contribution is 2.16. The molecule has 5 nitrogen and oxygen atoms in total. The van der Waals surface area contributed by atoms with Crippen LogP contribution in [0.4, 0.5) is 4.39 Å². The van der Waals surface area contributed by atoms with Gasteiger partial charge in [-0.15, -0.1) is 12.4 Å². The second-order valence-corrected chi connectivity index (χ2v) is 5.55. The molecular weight excluding hydrogens is 323 g/mol. The molecule has 1 fully saturated rings. The van der Waals surface area contributed by atoms with Crippen molar-refractivity contribution in [3.63, 3.8) is 0 Å². The molecule has 2 rings (SSSR count). The fourth-order valence-electron chi connectivity index (χ4n) is 2.61. The van der Waals surface area contributed by atoms with Crippen molar-refractivity contribution in [1.29, 1.82) is 0 Å². The van der Waals surface area contributed by atoms with Gasteiger partial charge in [0.25, 0.3) is 0 Å². The topological polar surface area (TPSA) is 64.8 Å². The predicted octanol–water partition coefficient (Wildman–Crippen LogP) is 1.73. The van der Waals surface area contributed by atoms with Crippen LogP contribution in [0.1, 0.15) is 18.4 Å². The molecule has 1 aliphatic heterocycles. The summed E-state index contributed by atoms with van der Waals surface area (Å²) in [4.78, 5) is 14.1. The Morgan fingerprint density at radius 2 is 2.35 bits per heavy atom. The molecule has 2 N–H and O–H groups in total. The third-order valence-corrected chi connectivity index (χ3v) is 3.69. The van der Waals surface area contributed by atoms with Gasteiger partial charge in [0.05, 0.1) is 12.7 Å². The number of halogens is 2. The minimum atomic E-state index is -0.722. The molecule has 0 aliphatic carbocycles. The van der Waals surface area contributed by atoms with E-state index in [0.717, 1.165) is 25.0 Å². The minimum Gasteiger partial charge on any atom is -0.383 e. The van der Waals surface area contributed by atoms with E-state index in [2.05, 4.69) is 0 Å². The van der Waals surface area contributed by atoms with Gasteiger partial charge in [0.2, 0.25) is 5.91 Å². The number of nitrogens with zero attached hydrogens (tertiary/aromatic N) is 1. The van der Waals surface area contributed by atoms with E-state index < -0.39 is 6.04 Å². The lowest BCUT2D eigenvalue weighted by Crippen LogP contribution is -2.48. The van der Waals surface area contributed by atoms with E-state index in [4.69, 9.17) is 15.2 Å². The summed E-state index contributed by atoms with van der Waals surface area (Å²) in [7, 11) is 1.50. The van der Waals surface area contributed by atoms with Crippen molar-refractivity contribution in [2.75, 3.05) is 26.9 Å². The smallest absolute Gasteiger partial charge is 0.242 e. The van der Waals surface area contributed by atoms with E-state index in [-0.39, 0.29) is 36.8 Å². The van der Waals surface area contributed by atoms with Crippen LogP contribution >= 0.6 is 12.4 Å². The third-order valence-electron chi connectivity index (χ3n) is 3.69. The Bertz CT molecular complexity index is 498. The molecule has 1 aromatic carbocycles. The summed E-state index contributed by atoms with van der Waals surface area (Å²) < 4.78 is 23.9. The van der Waals surface area contributed by atoms with Gasteiger partial charge < -0.3 is 20.1 Å². The van der Waals surface area contributed by atoms with Gasteiger partial charge in [-0.1, -0.05) is 12.1 Å². The molecule has 130 valence electrons. The molecule has 1 aliphatic rings. The number of nitrogens with two attached hydrogens (primary N) is 1. The normalized spacial score (nSPS) is 18.3. The molecule has 2 unspecified atom stereocenters. The highest BCUT2D eigenvalue weighted by Gasteiger charge is 2.26. The first-order valence-corrected chi connectivity index (χ1v) is 7.49. The molecule has 1 saturated heterocycles. The molecule has 7 heteroatoms. The van der Waals surface area contributed by atoms with Gasteiger partial charge in [0.15, 0.2) is 0 Å². The summed E-state index contributed by atoms with van der Waals surface area (Å²) >= 11 is 0. The maximum absolute atomic E-state index is 13.3. The summed E-state index contributed by atoms with van der Waals surface area (Å²) in [6.07, 6.45) is 1.94. The van der Waals surface area contributed by atoms with Gasteiger partial charge in [-0.25, -0.2) is 4.39 Å². The lowest BCUT2D eigenvalue weighted by atomic mass is 10.1. The summed E-state index contributed by atoms with van der Waals surface area (Å²) in [5.74, 6) is -0.523. The number of ether oxygens (including phenoxy) is 2. The first-order valence-electron chi connectivity index (χ1n) is 7.49. The Balaban J connectivity index is 0.00000264. The lowest BCUT2D eigenvalue weighted by molar-refractivity contribution is -0.136. The SMILES string of the molecule is COCC(N)C(=O)N(Cc1cccc(F)c1)CC1CCCO1.Cl. The highest BCUT2D eigenvalue weighted by molar-refractivity contribution is 5.85. The molecule has 0 saturated carbocycles. The molecular formula is C16H24ClFN2O3. The second kappa shape index (κ2) is 9.82. The van der Waals surface area contributed by atoms with Crippen LogP contribution in [-0.4, -0.2) is 49.8 Å².